The number of aliphatic hydroxyl groups is 1. The van der Waals surface area contributed by atoms with Crippen LogP contribution in [0.15, 0.2) is 42.5 Å². The molecule has 1 aliphatic heterocycles. The molecule has 0 radical (unpaired) electrons. The van der Waals surface area contributed by atoms with Gasteiger partial charge in [-0.3, -0.25) is 9.69 Å². The van der Waals surface area contributed by atoms with Crippen LogP contribution in [-0.4, -0.2) is 41.7 Å². The SMILES string of the molecule is O=C(N[C@H]1CCN(Cc2ccccc2)C[C@H]1CO)c1ccc(Cl)s1. The molecule has 3 rings (SSSR count). The molecule has 1 aromatic heterocycles. The van der Waals surface area contributed by atoms with Gasteiger partial charge in [0.15, 0.2) is 0 Å². The van der Waals surface area contributed by atoms with E-state index in [0.717, 1.165) is 26.1 Å². The maximum absolute atomic E-state index is 12.3. The standard InChI is InChI=1S/C18H21ClN2O2S/c19-17-7-6-16(24-17)18(23)20-15-8-9-21(11-14(15)12-22)10-13-4-2-1-3-5-13/h1-7,14-15,22H,8-12H2,(H,20,23)/t14-,15-/m0/s1. The van der Waals surface area contributed by atoms with Gasteiger partial charge in [-0.25, -0.2) is 0 Å². The number of nitrogens with one attached hydrogen (secondary N) is 1. The molecule has 2 heterocycles. The van der Waals surface area contributed by atoms with Gasteiger partial charge >= 0.3 is 0 Å². The Bertz CT molecular complexity index is 677. The first-order valence-electron chi connectivity index (χ1n) is 8.09. The summed E-state index contributed by atoms with van der Waals surface area (Å²) in [6.07, 6.45) is 0.836. The van der Waals surface area contributed by atoms with Crippen LogP contribution in [0.4, 0.5) is 0 Å². The lowest BCUT2D eigenvalue weighted by Gasteiger charge is -2.38. The van der Waals surface area contributed by atoms with E-state index >= 15 is 0 Å². The molecule has 24 heavy (non-hydrogen) atoms. The van der Waals surface area contributed by atoms with Crippen molar-refractivity contribution in [2.75, 3.05) is 19.7 Å². The topological polar surface area (TPSA) is 52.6 Å². The van der Waals surface area contributed by atoms with E-state index in [2.05, 4.69) is 22.3 Å². The molecular weight excluding hydrogens is 344 g/mol. The van der Waals surface area contributed by atoms with Crippen LogP contribution in [0.1, 0.15) is 21.7 Å². The van der Waals surface area contributed by atoms with Gasteiger partial charge in [0.1, 0.15) is 0 Å². The highest BCUT2D eigenvalue weighted by Gasteiger charge is 2.30. The fraction of sp³-hybridized carbons (Fsp3) is 0.389. The van der Waals surface area contributed by atoms with Crippen LogP contribution < -0.4 is 5.32 Å². The number of hydrogen-bond donors (Lipinski definition) is 2. The Hall–Kier alpha value is -1.40. The molecule has 2 N–H and O–H groups in total. The number of thiophene rings is 1. The minimum Gasteiger partial charge on any atom is -0.396 e. The predicted octanol–water partition coefficient (Wildman–Crippen LogP) is 3.01. The zero-order valence-corrected chi connectivity index (χ0v) is 14.9. The van der Waals surface area contributed by atoms with Gasteiger partial charge in [0.05, 0.1) is 9.21 Å². The summed E-state index contributed by atoms with van der Waals surface area (Å²) >= 11 is 7.17. The van der Waals surface area contributed by atoms with Crippen LogP contribution in [-0.2, 0) is 6.54 Å². The highest BCUT2D eigenvalue weighted by molar-refractivity contribution is 7.17. The number of carbonyl (C=O) groups is 1. The van der Waals surface area contributed by atoms with Crippen molar-refractivity contribution in [3.63, 3.8) is 0 Å². The minimum absolute atomic E-state index is 0.00426. The molecule has 1 aliphatic rings. The van der Waals surface area contributed by atoms with E-state index in [-0.39, 0.29) is 24.5 Å². The summed E-state index contributed by atoms with van der Waals surface area (Å²) in [6.45, 7) is 2.63. The van der Waals surface area contributed by atoms with Gasteiger partial charge < -0.3 is 10.4 Å². The van der Waals surface area contributed by atoms with Gasteiger partial charge in [-0.2, -0.15) is 0 Å². The third kappa shape index (κ3) is 4.36. The van der Waals surface area contributed by atoms with Crippen molar-refractivity contribution in [2.45, 2.75) is 19.0 Å². The van der Waals surface area contributed by atoms with Crippen molar-refractivity contribution < 1.29 is 9.90 Å². The lowest BCUT2D eigenvalue weighted by Crippen LogP contribution is -2.51. The molecule has 1 aromatic carbocycles. The Labute approximate surface area is 151 Å². The van der Waals surface area contributed by atoms with E-state index in [9.17, 15) is 9.90 Å². The van der Waals surface area contributed by atoms with Crippen LogP contribution in [0, 0.1) is 5.92 Å². The normalized spacial score (nSPS) is 21.6. The molecule has 2 atom stereocenters. The average molecular weight is 365 g/mol. The van der Waals surface area contributed by atoms with Crippen molar-refractivity contribution in [2.24, 2.45) is 5.92 Å². The number of carbonyl (C=O) groups excluding carboxylic acids is 1. The zero-order chi connectivity index (χ0) is 16.9. The van der Waals surface area contributed by atoms with E-state index in [4.69, 9.17) is 11.6 Å². The van der Waals surface area contributed by atoms with Gasteiger partial charge in [-0.1, -0.05) is 41.9 Å². The van der Waals surface area contributed by atoms with E-state index in [1.807, 2.05) is 18.2 Å². The Morgan fingerprint density at radius 3 is 2.75 bits per heavy atom. The molecule has 1 saturated heterocycles. The minimum atomic E-state index is -0.105. The van der Waals surface area contributed by atoms with Crippen LogP contribution in [0.25, 0.3) is 0 Å². The lowest BCUT2D eigenvalue weighted by molar-refractivity contribution is 0.0715. The Morgan fingerprint density at radius 2 is 2.08 bits per heavy atom. The summed E-state index contributed by atoms with van der Waals surface area (Å²) in [5, 5.41) is 12.8. The molecule has 1 amide bonds. The second-order valence-corrected chi connectivity index (χ2v) is 7.85. The monoisotopic (exact) mass is 364 g/mol. The number of benzene rings is 1. The maximum atomic E-state index is 12.3. The van der Waals surface area contributed by atoms with Gasteiger partial charge in [0, 0.05) is 38.2 Å². The molecule has 6 heteroatoms. The highest BCUT2D eigenvalue weighted by atomic mass is 35.5. The quantitative estimate of drug-likeness (QED) is 0.857. The lowest BCUT2D eigenvalue weighted by atomic mass is 9.92. The number of aliphatic hydroxyl groups excluding tert-OH is 1. The number of amides is 1. The molecular formula is C18H21ClN2O2S. The first kappa shape index (κ1) is 17.4. The van der Waals surface area contributed by atoms with Crippen molar-refractivity contribution in [1.29, 1.82) is 0 Å². The van der Waals surface area contributed by atoms with E-state index in [1.165, 1.54) is 16.9 Å². The molecule has 4 nitrogen and oxygen atoms in total. The van der Waals surface area contributed by atoms with Crippen LogP contribution in [0.2, 0.25) is 4.34 Å². The average Bonchev–Trinajstić information content (AvgIpc) is 3.04. The molecule has 2 aromatic rings. The molecule has 0 bridgehead atoms. The van der Waals surface area contributed by atoms with E-state index < -0.39 is 0 Å². The van der Waals surface area contributed by atoms with Crippen molar-refractivity contribution in [3.8, 4) is 0 Å². The predicted molar refractivity (Wildman–Crippen MR) is 97.5 cm³/mol. The fourth-order valence-corrected chi connectivity index (χ4v) is 4.09. The highest BCUT2D eigenvalue weighted by Crippen LogP contribution is 2.23. The number of nitrogens with zero attached hydrogens (tertiary/aromatic N) is 1. The Morgan fingerprint density at radius 1 is 1.29 bits per heavy atom. The fourth-order valence-electron chi connectivity index (χ4n) is 3.14. The first-order valence-corrected chi connectivity index (χ1v) is 9.28. The zero-order valence-electron chi connectivity index (χ0n) is 13.3. The van der Waals surface area contributed by atoms with E-state index in [0.29, 0.717) is 9.21 Å². The number of piperidine rings is 1. The molecule has 0 aliphatic carbocycles. The molecule has 0 unspecified atom stereocenters. The summed E-state index contributed by atoms with van der Waals surface area (Å²) in [5.41, 5.74) is 1.27. The van der Waals surface area contributed by atoms with Gasteiger partial charge in [-0.05, 0) is 24.1 Å². The summed E-state index contributed by atoms with van der Waals surface area (Å²) < 4.78 is 0.608. The summed E-state index contributed by atoms with van der Waals surface area (Å²) in [7, 11) is 0. The van der Waals surface area contributed by atoms with Gasteiger partial charge in [-0.15, -0.1) is 11.3 Å². The summed E-state index contributed by atoms with van der Waals surface area (Å²) in [4.78, 5) is 15.3. The number of hydrogen-bond acceptors (Lipinski definition) is 4. The van der Waals surface area contributed by atoms with E-state index in [1.54, 1.807) is 12.1 Å². The second kappa shape index (κ2) is 8.12. The Balaban J connectivity index is 1.58. The summed E-state index contributed by atoms with van der Waals surface area (Å²) in [6, 6.07) is 13.8. The largest absolute Gasteiger partial charge is 0.396 e. The van der Waals surface area contributed by atoms with Crippen molar-refractivity contribution in [3.05, 3.63) is 57.2 Å². The number of likely N-dealkylation sites (tertiary alicyclic amines) is 1. The third-order valence-electron chi connectivity index (χ3n) is 4.42. The molecule has 0 spiro atoms. The van der Waals surface area contributed by atoms with Crippen molar-refractivity contribution in [1.82, 2.24) is 10.2 Å². The maximum Gasteiger partial charge on any atom is 0.261 e. The smallest absolute Gasteiger partial charge is 0.261 e. The first-order chi connectivity index (χ1) is 11.7. The summed E-state index contributed by atoms with van der Waals surface area (Å²) in [5.74, 6) is -0.0614. The van der Waals surface area contributed by atoms with Crippen molar-refractivity contribution >= 4 is 28.8 Å². The number of rotatable bonds is 5. The third-order valence-corrected chi connectivity index (χ3v) is 5.64. The van der Waals surface area contributed by atoms with Crippen LogP contribution in [0.5, 0.6) is 0 Å². The molecule has 1 fully saturated rings. The van der Waals surface area contributed by atoms with Crippen LogP contribution in [0.3, 0.4) is 0 Å². The van der Waals surface area contributed by atoms with Gasteiger partial charge in [0.25, 0.3) is 5.91 Å². The van der Waals surface area contributed by atoms with Gasteiger partial charge in [0.2, 0.25) is 0 Å². The Kier molecular flexibility index (Phi) is 5.89. The number of halogens is 1. The molecule has 0 saturated carbocycles. The second-order valence-electron chi connectivity index (χ2n) is 6.14. The molecule has 128 valence electrons. The van der Waals surface area contributed by atoms with Crippen LogP contribution >= 0.6 is 22.9 Å².